The molecule has 0 radical (unpaired) electrons. The lowest BCUT2D eigenvalue weighted by molar-refractivity contribution is 0.628. The standard InChI is InChI=1S/C15H16FN3/c1-17-9-11-2-5-15(18-10-11)19-7-6-12-3-4-13(16)8-14(12)19/h2-5,8,10,17H,6-7,9H2,1H3. The molecule has 0 amide bonds. The van der Waals surface area contributed by atoms with Crippen molar-refractivity contribution < 1.29 is 4.39 Å². The molecule has 1 N–H and O–H groups in total. The van der Waals surface area contributed by atoms with E-state index in [-0.39, 0.29) is 5.82 Å². The van der Waals surface area contributed by atoms with Gasteiger partial charge in [0.1, 0.15) is 11.6 Å². The first kappa shape index (κ1) is 12.1. The van der Waals surface area contributed by atoms with Gasteiger partial charge in [0.25, 0.3) is 0 Å². The summed E-state index contributed by atoms with van der Waals surface area (Å²) in [5.74, 6) is 0.682. The number of rotatable bonds is 3. The van der Waals surface area contributed by atoms with Crippen molar-refractivity contribution in [1.29, 1.82) is 0 Å². The Kier molecular flexibility index (Phi) is 3.17. The first-order valence-corrected chi connectivity index (χ1v) is 6.43. The fraction of sp³-hybridized carbons (Fsp3) is 0.267. The molecule has 1 aromatic carbocycles. The van der Waals surface area contributed by atoms with Crippen LogP contribution in [0.3, 0.4) is 0 Å². The van der Waals surface area contributed by atoms with Crippen molar-refractivity contribution in [2.45, 2.75) is 13.0 Å². The minimum atomic E-state index is -0.197. The summed E-state index contributed by atoms with van der Waals surface area (Å²) in [6, 6.07) is 9.01. The topological polar surface area (TPSA) is 28.2 Å². The van der Waals surface area contributed by atoms with Gasteiger partial charge in [-0.15, -0.1) is 0 Å². The zero-order valence-corrected chi connectivity index (χ0v) is 10.9. The molecule has 3 rings (SSSR count). The molecule has 98 valence electrons. The van der Waals surface area contributed by atoms with Crippen molar-refractivity contribution in [3.8, 4) is 0 Å². The summed E-state index contributed by atoms with van der Waals surface area (Å²) in [4.78, 5) is 6.54. The zero-order valence-electron chi connectivity index (χ0n) is 10.9. The first-order valence-electron chi connectivity index (χ1n) is 6.43. The number of benzene rings is 1. The third-order valence-electron chi connectivity index (χ3n) is 3.41. The van der Waals surface area contributed by atoms with Gasteiger partial charge in [-0.2, -0.15) is 0 Å². The molecule has 1 aliphatic rings. The van der Waals surface area contributed by atoms with Crippen LogP contribution >= 0.6 is 0 Å². The molecular formula is C15H16FN3. The summed E-state index contributed by atoms with van der Waals surface area (Å²) < 4.78 is 13.4. The van der Waals surface area contributed by atoms with E-state index in [4.69, 9.17) is 0 Å². The van der Waals surface area contributed by atoms with Crippen LogP contribution in [0.5, 0.6) is 0 Å². The highest BCUT2D eigenvalue weighted by Crippen LogP contribution is 2.33. The molecule has 1 aromatic heterocycles. The Bertz CT molecular complexity index is 580. The maximum atomic E-state index is 13.4. The van der Waals surface area contributed by atoms with Crippen molar-refractivity contribution in [2.24, 2.45) is 0 Å². The van der Waals surface area contributed by atoms with E-state index in [1.165, 1.54) is 11.6 Å². The number of nitrogens with zero attached hydrogens (tertiary/aromatic N) is 2. The molecule has 2 heterocycles. The third-order valence-corrected chi connectivity index (χ3v) is 3.41. The lowest BCUT2D eigenvalue weighted by Gasteiger charge is -2.18. The van der Waals surface area contributed by atoms with E-state index in [0.717, 1.165) is 36.6 Å². The molecule has 0 atom stereocenters. The molecule has 0 unspecified atom stereocenters. The summed E-state index contributed by atoms with van der Waals surface area (Å²) in [6.07, 6.45) is 2.80. The Morgan fingerprint density at radius 2 is 2.21 bits per heavy atom. The van der Waals surface area contributed by atoms with Gasteiger partial charge in [0.05, 0.1) is 0 Å². The molecular weight excluding hydrogens is 241 g/mol. The monoisotopic (exact) mass is 257 g/mol. The highest BCUT2D eigenvalue weighted by molar-refractivity contribution is 5.67. The molecule has 1 aliphatic heterocycles. The number of hydrogen-bond donors (Lipinski definition) is 1. The Hall–Kier alpha value is -1.94. The Morgan fingerprint density at radius 1 is 1.32 bits per heavy atom. The number of halogens is 1. The molecule has 19 heavy (non-hydrogen) atoms. The predicted molar refractivity (Wildman–Crippen MR) is 74.1 cm³/mol. The zero-order chi connectivity index (χ0) is 13.2. The van der Waals surface area contributed by atoms with Crippen molar-refractivity contribution in [3.05, 3.63) is 53.5 Å². The molecule has 2 aromatic rings. The van der Waals surface area contributed by atoms with Crippen molar-refractivity contribution >= 4 is 11.5 Å². The van der Waals surface area contributed by atoms with Crippen molar-refractivity contribution in [2.75, 3.05) is 18.5 Å². The van der Waals surface area contributed by atoms with Gasteiger partial charge in [0, 0.05) is 25.0 Å². The van der Waals surface area contributed by atoms with Crippen molar-refractivity contribution in [3.63, 3.8) is 0 Å². The highest BCUT2D eigenvalue weighted by atomic mass is 19.1. The second kappa shape index (κ2) is 4.97. The van der Waals surface area contributed by atoms with E-state index < -0.39 is 0 Å². The Balaban J connectivity index is 1.90. The van der Waals surface area contributed by atoms with E-state index in [0.29, 0.717) is 0 Å². The van der Waals surface area contributed by atoms with E-state index in [2.05, 4.69) is 21.3 Å². The third kappa shape index (κ3) is 2.31. The second-order valence-electron chi connectivity index (χ2n) is 4.73. The highest BCUT2D eigenvalue weighted by Gasteiger charge is 2.21. The maximum absolute atomic E-state index is 13.4. The van der Waals surface area contributed by atoms with Gasteiger partial charge in [-0.05, 0) is 42.8 Å². The van der Waals surface area contributed by atoms with Gasteiger partial charge in [-0.1, -0.05) is 12.1 Å². The van der Waals surface area contributed by atoms with E-state index >= 15 is 0 Å². The molecule has 0 spiro atoms. The molecule has 0 fully saturated rings. The molecule has 0 saturated carbocycles. The number of pyridine rings is 1. The van der Waals surface area contributed by atoms with Gasteiger partial charge in [-0.25, -0.2) is 9.37 Å². The molecule has 0 saturated heterocycles. The van der Waals surface area contributed by atoms with Crippen LogP contribution in [0.4, 0.5) is 15.9 Å². The van der Waals surface area contributed by atoms with Crippen LogP contribution in [0.2, 0.25) is 0 Å². The molecule has 3 nitrogen and oxygen atoms in total. The average Bonchev–Trinajstić information content (AvgIpc) is 2.83. The molecule has 0 aliphatic carbocycles. The van der Waals surface area contributed by atoms with Crippen LogP contribution in [0, 0.1) is 5.82 Å². The van der Waals surface area contributed by atoms with E-state index in [1.54, 1.807) is 6.07 Å². The van der Waals surface area contributed by atoms with Crippen molar-refractivity contribution in [1.82, 2.24) is 10.3 Å². The lowest BCUT2D eigenvalue weighted by atomic mass is 10.2. The number of nitrogens with one attached hydrogen (secondary N) is 1. The summed E-state index contributed by atoms with van der Waals surface area (Å²) in [7, 11) is 1.91. The fourth-order valence-electron chi connectivity index (χ4n) is 2.48. The fourth-order valence-corrected chi connectivity index (χ4v) is 2.48. The Labute approximate surface area is 112 Å². The largest absolute Gasteiger partial charge is 0.326 e. The SMILES string of the molecule is CNCc1ccc(N2CCc3ccc(F)cc32)nc1. The van der Waals surface area contributed by atoms with Crippen LogP contribution in [0.1, 0.15) is 11.1 Å². The quantitative estimate of drug-likeness (QED) is 0.916. The van der Waals surface area contributed by atoms with Gasteiger partial charge in [0.15, 0.2) is 0 Å². The normalized spacial score (nSPS) is 13.7. The minimum absolute atomic E-state index is 0.197. The van der Waals surface area contributed by atoms with E-state index in [1.807, 2.05) is 25.4 Å². The Morgan fingerprint density at radius 3 is 2.95 bits per heavy atom. The second-order valence-corrected chi connectivity index (χ2v) is 4.73. The molecule has 0 bridgehead atoms. The van der Waals surface area contributed by atoms with Gasteiger partial charge in [0.2, 0.25) is 0 Å². The van der Waals surface area contributed by atoms with Crippen LogP contribution in [0.15, 0.2) is 36.5 Å². The van der Waals surface area contributed by atoms with Crippen LogP contribution in [-0.2, 0) is 13.0 Å². The summed E-state index contributed by atoms with van der Waals surface area (Å²) in [5, 5.41) is 3.09. The van der Waals surface area contributed by atoms with Gasteiger partial charge < -0.3 is 10.2 Å². The summed E-state index contributed by atoms with van der Waals surface area (Å²) >= 11 is 0. The lowest BCUT2D eigenvalue weighted by Crippen LogP contribution is -2.15. The number of anilines is 2. The number of aromatic nitrogens is 1. The maximum Gasteiger partial charge on any atom is 0.132 e. The van der Waals surface area contributed by atoms with Gasteiger partial charge >= 0.3 is 0 Å². The van der Waals surface area contributed by atoms with Crippen LogP contribution in [0.25, 0.3) is 0 Å². The molecule has 4 heteroatoms. The van der Waals surface area contributed by atoms with Crippen LogP contribution < -0.4 is 10.2 Å². The average molecular weight is 257 g/mol. The van der Waals surface area contributed by atoms with Crippen LogP contribution in [-0.4, -0.2) is 18.6 Å². The number of fused-ring (bicyclic) bond motifs is 1. The van der Waals surface area contributed by atoms with Gasteiger partial charge in [-0.3, -0.25) is 0 Å². The smallest absolute Gasteiger partial charge is 0.132 e. The van der Waals surface area contributed by atoms with E-state index in [9.17, 15) is 4.39 Å². The predicted octanol–water partition coefficient (Wildman–Crippen LogP) is 2.63. The summed E-state index contributed by atoms with van der Waals surface area (Å²) in [6.45, 7) is 1.66. The first-order chi connectivity index (χ1) is 9.28. The minimum Gasteiger partial charge on any atom is -0.326 e. The number of hydrogen-bond acceptors (Lipinski definition) is 3. The summed E-state index contributed by atoms with van der Waals surface area (Å²) in [5.41, 5.74) is 3.27.